The normalized spacial score (nSPS) is 14.7. The summed E-state index contributed by atoms with van der Waals surface area (Å²) in [4.78, 5) is 14.4. The molecule has 0 aliphatic rings. The Kier molecular flexibility index (Phi) is 4.04. The molecule has 0 saturated carbocycles. The zero-order valence-corrected chi connectivity index (χ0v) is 9.73. The molecule has 0 fully saturated rings. The monoisotopic (exact) mass is 294 g/mol. The molecule has 1 rings (SSSR count). The van der Waals surface area contributed by atoms with Gasteiger partial charge in [0.15, 0.2) is 6.10 Å². The predicted molar refractivity (Wildman–Crippen MR) is 57.1 cm³/mol. The highest BCUT2D eigenvalue weighted by Gasteiger charge is 2.25. The molecule has 2 atom stereocenters. The van der Waals surface area contributed by atoms with Crippen LogP contribution in [0, 0.1) is 0 Å². The van der Waals surface area contributed by atoms with Crippen molar-refractivity contribution in [3.63, 3.8) is 0 Å². The Morgan fingerprint density at radius 1 is 1.60 bits per heavy atom. The number of primary amides is 1. The van der Waals surface area contributed by atoms with E-state index in [-0.39, 0.29) is 10.7 Å². The van der Waals surface area contributed by atoms with Crippen LogP contribution < -0.4 is 5.73 Å². The Morgan fingerprint density at radius 2 is 2.20 bits per heavy atom. The second-order valence-corrected chi connectivity index (χ2v) is 4.10. The maximum absolute atomic E-state index is 10.6. The number of aliphatic hydroxyl groups is 2. The van der Waals surface area contributed by atoms with Gasteiger partial charge in [-0.2, -0.15) is 0 Å². The van der Waals surface area contributed by atoms with Crippen LogP contribution in [0.15, 0.2) is 16.7 Å². The third kappa shape index (κ3) is 2.88. The van der Waals surface area contributed by atoms with Crippen LogP contribution in [0.4, 0.5) is 0 Å². The van der Waals surface area contributed by atoms with Crippen molar-refractivity contribution < 1.29 is 15.0 Å². The fraction of sp³-hybridized carbons (Fsp3) is 0.250. The topological polar surface area (TPSA) is 96.4 Å². The summed E-state index contributed by atoms with van der Waals surface area (Å²) in [6.45, 7) is 0. The van der Waals surface area contributed by atoms with Crippen LogP contribution >= 0.6 is 27.5 Å². The summed E-state index contributed by atoms with van der Waals surface area (Å²) in [6, 6.07) is 1.45. The molecule has 0 aliphatic carbocycles. The largest absolute Gasteiger partial charge is 0.385 e. The number of carbonyl (C=O) groups excluding carboxylic acids is 1. The molecule has 0 radical (unpaired) electrons. The van der Waals surface area contributed by atoms with Gasteiger partial charge < -0.3 is 15.9 Å². The Morgan fingerprint density at radius 3 is 2.73 bits per heavy atom. The Bertz CT molecular complexity index is 388. The lowest BCUT2D eigenvalue weighted by atomic mass is 10.1. The number of nitrogens with two attached hydrogens (primary N) is 1. The highest BCUT2D eigenvalue weighted by Crippen LogP contribution is 2.26. The van der Waals surface area contributed by atoms with Crippen LogP contribution in [-0.2, 0) is 4.79 Å². The van der Waals surface area contributed by atoms with E-state index in [1.807, 2.05) is 0 Å². The molecule has 5 nitrogen and oxygen atoms in total. The first-order chi connectivity index (χ1) is 6.93. The second kappa shape index (κ2) is 4.89. The summed E-state index contributed by atoms with van der Waals surface area (Å²) in [6.07, 6.45) is -1.77. The van der Waals surface area contributed by atoms with Gasteiger partial charge in [0, 0.05) is 16.2 Å². The molecule has 0 saturated heterocycles. The minimum Gasteiger partial charge on any atom is -0.385 e. The molecule has 0 aliphatic heterocycles. The van der Waals surface area contributed by atoms with E-state index >= 15 is 0 Å². The number of aromatic nitrogens is 1. The molecule has 0 aromatic carbocycles. The Labute approximate surface area is 99.0 Å². The summed E-state index contributed by atoms with van der Waals surface area (Å²) in [7, 11) is 0. The number of halogens is 2. The Hall–Kier alpha value is -0.690. The van der Waals surface area contributed by atoms with E-state index in [2.05, 4.69) is 20.9 Å². The first-order valence-electron chi connectivity index (χ1n) is 3.90. The van der Waals surface area contributed by atoms with E-state index in [4.69, 9.17) is 17.3 Å². The van der Waals surface area contributed by atoms with Gasteiger partial charge in [-0.15, -0.1) is 0 Å². The number of hydrogen-bond acceptors (Lipinski definition) is 4. The van der Waals surface area contributed by atoms with Gasteiger partial charge in [-0.1, -0.05) is 11.6 Å². The molecule has 82 valence electrons. The fourth-order valence-corrected chi connectivity index (χ4v) is 1.54. The third-order valence-corrected chi connectivity index (χ3v) is 2.49. The third-order valence-electron chi connectivity index (χ3n) is 1.74. The number of nitrogens with zero attached hydrogens (tertiary/aromatic N) is 1. The number of carbonyl (C=O) groups is 1. The predicted octanol–water partition coefficient (Wildman–Crippen LogP) is 0.377. The lowest BCUT2D eigenvalue weighted by Gasteiger charge is -2.15. The maximum atomic E-state index is 10.6. The number of hydrogen-bond donors (Lipinski definition) is 3. The lowest BCUT2D eigenvalue weighted by Crippen LogP contribution is -2.34. The van der Waals surface area contributed by atoms with Crippen LogP contribution in [-0.4, -0.2) is 27.2 Å². The van der Waals surface area contributed by atoms with E-state index in [1.54, 1.807) is 0 Å². The van der Waals surface area contributed by atoms with Gasteiger partial charge in [-0.25, -0.2) is 4.98 Å². The van der Waals surface area contributed by atoms with Crippen molar-refractivity contribution in [1.29, 1.82) is 0 Å². The van der Waals surface area contributed by atoms with E-state index in [0.717, 1.165) is 0 Å². The van der Waals surface area contributed by atoms with Crippen molar-refractivity contribution in [2.45, 2.75) is 12.2 Å². The van der Waals surface area contributed by atoms with E-state index in [1.165, 1.54) is 12.3 Å². The van der Waals surface area contributed by atoms with Crippen molar-refractivity contribution in [2.75, 3.05) is 0 Å². The maximum Gasteiger partial charge on any atom is 0.249 e. The van der Waals surface area contributed by atoms with Gasteiger partial charge in [0.2, 0.25) is 5.91 Å². The van der Waals surface area contributed by atoms with Gasteiger partial charge in [0.05, 0.1) is 0 Å². The number of pyridine rings is 1. The smallest absolute Gasteiger partial charge is 0.249 e. The molecule has 2 unspecified atom stereocenters. The van der Waals surface area contributed by atoms with Crippen molar-refractivity contribution in [1.82, 2.24) is 4.98 Å². The molecule has 7 heteroatoms. The van der Waals surface area contributed by atoms with Crippen LogP contribution in [0.2, 0.25) is 5.15 Å². The minimum absolute atomic E-state index is 0.00556. The molecule has 0 spiro atoms. The van der Waals surface area contributed by atoms with Crippen molar-refractivity contribution in [3.8, 4) is 0 Å². The number of rotatable bonds is 3. The molecule has 1 heterocycles. The highest BCUT2D eigenvalue weighted by molar-refractivity contribution is 9.10. The second-order valence-electron chi connectivity index (χ2n) is 2.83. The zero-order chi connectivity index (χ0) is 11.6. The zero-order valence-electron chi connectivity index (χ0n) is 7.39. The summed E-state index contributed by atoms with van der Waals surface area (Å²) < 4.78 is 0.567. The van der Waals surface area contributed by atoms with Crippen LogP contribution in [0.3, 0.4) is 0 Å². The molecular formula is C8H8BrClN2O3. The van der Waals surface area contributed by atoms with Crippen LogP contribution in [0.1, 0.15) is 11.7 Å². The van der Waals surface area contributed by atoms with E-state index < -0.39 is 18.1 Å². The van der Waals surface area contributed by atoms with Crippen LogP contribution in [0.5, 0.6) is 0 Å². The Balaban J connectivity index is 3.04. The summed E-state index contributed by atoms with van der Waals surface area (Å²) in [5.74, 6) is -1.03. The van der Waals surface area contributed by atoms with Crippen molar-refractivity contribution in [2.24, 2.45) is 5.73 Å². The lowest BCUT2D eigenvalue weighted by molar-refractivity contribution is -0.131. The van der Waals surface area contributed by atoms with E-state index in [0.29, 0.717) is 4.47 Å². The van der Waals surface area contributed by atoms with E-state index in [9.17, 15) is 15.0 Å². The summed E-state index contributed by atoms with van der Waals surface area (Å²) >= 11 is 8.81. The fourth-order valence-electron chi connectivity index (χ4n) is 0.971. The first kappa shape index (κ1) is 12.4. The van der Waals surface area contributed by atoms with Gasteiger partial charge in [-0.05, 0) is 22.0 Å². The first-order valence-corrected chi connectivity index (χ1v) is 5.07. The van der Waals surface area contributed by atoms with Crippen LogP contribution in [0.25, 0.3) is 0 Å². The molecule has 1 aromatic rings. The van der Waals surface area contributed by atoms with Gasteiger partial charge in [-0.3, -0.25) is 4.79 Å². The minimum atomic E-state index is -1.71. The molecule has 1 aromatic heterocycles. The molecule has 1 amide bonds. The summed E-state index contributed by atoms with van der Waals surface area (Å²) in [5.41, 5.74) is 4.97. The molecule has 4 N–H and O–H groups in total. The summed E-state index contributed by atoms with van der Waals surface area (Å²) in [5, 5.41) is 18.8. The average Bonchev–Trinajstić information content (AvgIpc) is 2.19. The molecule has 0 bridgehead atoms. The quantitative estimate of drug-likeness (QED) is 0.702. The number of aliphatic hydroxyl groups excluding tert-OH is 2. The standard InChI is InChI=1S/C8H8BrClN2O3/c9-3-1-4(7(10)12-2-3)5(13)6(14)8(11)15/h1-2,5-6,13-14H,(H2,11,15). The van der Waals surface area contributed by atoms with Crippen molar-refractivity contribution >= 4 is 33.4 Å². The highest BCUT2D eigenvalue weighted by atomic mass is 79.9. The number of amides is 1. The molecular weight excluding hydrogens is 287 g/mol. The van der Waals surface area contributed by atoms with Crippen molar-refractivity contribution in [3.05, 3.63) is 27.5 Å². The molecule has 15 heavy (non-hydrogen) atoms. The average molecular weight is 296 g/mol. The van der Waals surface area contributed by atoms with Gasteiger partial charge in [0.25, 0.3) is 0 Å². The van der Waals surface area contributed by atoms with Gasteiger partial charge in [0.1, 0.15) is 11.3 Å². The van der Waals surface area contributed by atoms with Gasteiger partial charge >= 0.3 is 0 Å². The SMILES string of the molecule is NC(=O)C(O)C(O)c1cc(Br)cnc1Cl.